The van der Waals surface area contributed by atoms with Gasteiger partial charge >= 0.3 is 17.8 Å². The van der Waals surface area contributed by atoms with Gasteiger partial charge in [0, 0.05) is 6.20 Å². The van der Waals surface area contributed by atoms with Gasteiger partial charge in [0.2, 0.25) is 0 Å². The van der Waals surface area contributed by atoms with Crippen LogP contribution in [0, 0.1) is 0 Å². The van der Waals surface area contributed by atoms with Gasteiger partial charge in [0.25, 0.3) is 0 Å². The van der Waals surface area contributed by atoms with E-state index in [1.807, 2.05) is 5.32 Å². The lowest BCUT2D eigenvalue weighted by Crippen LogP contribution is -2.30. The molecule has 1 aliphatic rings. The number of imide groups is 2. The predicted octanol–water partition coefficient (Wildman–Crippen LogP) is -0.336. The fraction of sp³-hybridized carbons (Fsp3) is 0. The lowest BCUT2D eigenvalue weighted by Gasteiger charge is -2.09. The van der Waals surface area contributed by atoms with E-state index in [2.05, 4.69) is 4.98 Å². The molecule has 1 fully saturated rings. The average molecular weight is 191 g/mol. The number of aromatic nitrogens is 1. The number of hydrogen-bond acceptors (Lipinski definition) is 4. The summed E-state index contributed by atoms with van der Waals surface area (Å²) in [6.07, 6.45) is 2.83. The summed E-state index contributed by atoms with van der Waals surface area (Å²) in [5.41, 5.74) is 0.279. The molecular formula is C8H5N3O3. The smallest absolute Gasteiger partial charge is 0.269 e. The van der Waals surface area contributed by atoms with Crippen molar-refractivity contribution in [1.82, 2.24) is 10.3 Å². The molecule has 0 spiro atoms. The molecule has 1 aliphatic heterocycles. The minimum absolute atomic E-state index is 0.279. The largest absolute Gasteiger partial charge is 0.336 e. The first kappa shape index (κ1) is 8.36. The second-order valence-corrected chi connectivity index (χ2v) is 2.61. The van der Waals surface area contributed by atoms with E-state index in [0.717, 1.165) is 4.90 Å². The molecule has 4 amide bonds. The highest BCUT2D eigenvalue weighted by Gasteiger charge is 2.37. The van der Waals surface area contributed by atoms with E-state index in [9.17, 15) is 14.4 Å². The van der Waals surface area contributed by atoms with Crippen molar-refractivity contribution in [3.05, 3.63) is 24.5 Å². The van der Waals surface area contributed by atoms with Crippen LogP contribution >= 0.6 is 0 Å². The maximum absolute atomic E-state index is 11.2. The standard InChI is InChI=1S/C8H5N3O3/c12-6-7(13)11(8(14)10-6)5-2-1-3-9-4-5/h1-4H,(H,10,12,14). The molecule has 6 nitrogen and oxygen atoms in total. The number of anilines is 1. The number of amides is 4. The minimum Gasteiger partial charge on any atom is -0.269 e. The van der Waals surface area contributed by atoms with Crippen LogP contribution in [0.25, 0.3) is 0 Å². The number of hydrogen-bond donors (Lipinski definition) is 1. The Morgan fingerprint density at radius 3 is 2.57 bits per heavy atom. The molecule has 0 radical (unpaired) electrons. The Kier molecular flexibility index (Phi) is 1.74. The third kappa shape index (κ3) is 1.13. The fourth-order valence-corrected chi connectivity index (χ4v) is 1.12. The molecule has 0 aromatic carbocycles. The molecule has 0 unspecified atom stereocenters. The summed E-state index contributed by atoms with van der Waals surface area (Å²) in [4.78, 5) is 37.6. The first-order valence-electron chi connectivity index (χ1n) is 3.79. The van der Waals surface area contributed by atoms with Gasteiger partial charge in [-0.1, -0.05) is 0 Å². The second-order valence-electron chi connectivity index (χ2n) is 2.61. The predicted molar refractivity (Wildman–Crippen MR) is 45.3 cm³/mol. The molecule has 0 bridgehead atoms. The molecule has 0 atom stereocenters. The monoisotopic (exact) mass is 191 g/mol. The Balaban J connectivity index is 2.41. The molecule has 1 saturated heterocycles. The van der Waals surface area contributed by atoms with E-state index in [4.69, 9.17) is 0 Å². The van der Waals surface area contributed by atoms with Crippen LogP contribution < -0.4 is 10.2 Å². The van der Waals surface area contributed by atoms with Gasteiger partial charge < -0.3 is 0 Å². The molecule has 70 valence electrons. The summed E-state index contributed by atoms with van der Waals surface area (Å²) in [7, 11) is 0. The summed E-state index contributed by atoms with van der Waals surface area (Å²) < 4.78 is 0. The lowest BCUT2D eigenvalue weighted by atomic mass is 10.4. The van der Waals surface area contributed by atoms with E-state index in [-0.39, 0.29) is 5.69 Å². The molecule has 0 aliphatic carbocycles. The third-order valence-electron chi connectivity index (χ3n) is 1.73. The lowest BCUT2D eigenvalue weighted by molar-refractivity contribution is -0.134. The minimum atomic E-state index is -0.918. The van der Waals surface area contributed by atoms with Gasteiger partial charge in [0.1, 0.15) is 0 Å². The van der Waals surface area contributed by atoms with E-state index < -0.39 is 17.8 Å². The van der Waals surface area contributed by atoms with Gasteiger partial charge in [-0.15, -0.1) is 0 Å². The van der Waals surface area contributed by atoms with Crippen LogP contribution in [-0.2, 0) is 9.59 Å². The third-order valence-corrected chi connectivity index (χ3v) is 1.73. The molecule has 14 heavy (non-hydrogen) atoms. The molecule has 1 aromatic heterocycles. The van der Waals surface area contributed by atoms with Crippen molar-refractivity contribution < 1.29 is 14.4 Å². The SMILES string of the molecule is O=C1NC(=O)N(c2cccnc2)C1=O. The van der Waals surface area contributed by atoms with Crippen molar-refractivity contribution >= 4 is 23.5 Å². The number of rotatable bonds is 1. The zero-order valence-electron chi connectivity index (χ0n) is 6.93. The highest BCUT2D eigenvalue weighted by molar-refractivity contribution is 6.52. The number of nitrogens with one attached hydrogen (secondary N) is 1. The quantitative estimate of drug-likeness (QED) is 0.486. The second kappa shape index (κ2) is 2.91. The van der Waals surface area contributed by atoms with Crippen molar-refractivity contribution in [2.24, 2.45) is 0 Å². The number of carbonyl (C=O) groups is 3. The number of nitrogens with zero attached hydrogens (tertiary/aromatic N) is 2. The van der Waals surface area contributed by atoms with Crippen LogP contribution in [0.1, 0.15) is 0 Å². The Labute approximate surface area is 78.5 Å². The van der Waals surface area contributed by atoms with E-state index in [1.54, 1.807) is 6.07 Å². The van der Waals surface area contributed by atoms with Gasteiger partial charge in [0.15, 0.2) is 0 Å². The number of carbonyl (C=O) groups excluding carboxylic acids is 3. The zero-order valence-corrected chi connectivity index (χ0v) is 6.93. The Hall–Kier alpha value is -2.24. The van der Waals surface area contributed by atoms with Crippen molar-refractivity contribution in [2.45, 2.75) is 0 Å². The maximum Gasteiger partial charge on any atom is 0.336 e. The van der Waals surface area contributed by atoms with Crippen LogP contribution in [0.5, 0.6) is 0 Å². The fourth-order valence-electron chi connectivity index (χ4n) is 1.12. The Morgan fingerprint density at radius 2 is 2.07 bits per heavy atom. The van der Waals surface area contributed by atoms with Crippen molar-refractivity contribution in [1.29, 1.82) is 0 Å². The van der Waals surface area contributed by atoms with Crippen LogP contribution in [0.4, 0.5) is 10.5 Å². The topological polar surface area (TPSA) is 79.4 Å². The van der Waals surface area contributed by atoms with Crippen LogP contribution in [0.2, 0.25) is 0 Å². The number of urea groups is 1. The Bertz CT molecular complexity index is 415. The average Bonchev–Trinajstić information content (AvgIpc) is 2.43. The van der Waals surface area contributed by atoms with Gasteiger partial charge in [-0.25, -0.2) is 9.69 Å². The van der Waals surface area contributed by atoms with Gasteiger partial charge in [-0.2, -0.15) is 0 Å². The summed E-state index contributed by atoms with van der Waals surface area (Å²) in [5.74, 6) is -1.80. The Morgan fingerprint density at radius 1 is 1.29 bits per heavy atom. The molecule has 0 saturated carbocycles. The summed E-state index contributed by atoms with van der Waals surface area (Å²) >= 11 is 0. The normalized spacial score (nSPS) is 16.0. The van der Waals surface area contributed by atoms with Gasteiger partial charge in [0.05, 0.1) is 11.9 Å². The summed E-state index contributed by atoms with van der Waals surface area (Å²) in [6.45, 7) is 0. The zero-order chi connectivity index (χ0) is 10.1. The molecule has 1 N–H and O–H groups in total. The molecule has 2 heterocycles. The summed E-state index contributed by atoms with van der Waals surface area (Å²) in [6, 6.07) is 2.34. The van der Waals surface area contributed by atoms with Crippen LogP contribution in [-0.4, -0.2) is 22.8 Å². The first-order valence-corrected chi connectivity index (χ1v) is 3.79. The van der Waals surface area contributed by atoms with Crippen molar-refractivity contribution in [2.75, 3.05) is 4.90 Å². The maximum atomic E-state index is 11.2. The highest BCUT2D eigenvalue weighted by atomic mass is 16.2. The summed E-state index contributed by atoms with van der Waals surface area (Å²) in [5, 5.41) is 1.89. The van der Waals surface area contributed by atoms with Crippen molar-refractivity contribution in [3.63, 3.8) is 0 Å². The van der Waals surface area contributed by atoms with Gasteiger partial charge in [-0.05, 0) is 12.1 Å². The molecular weight excluding hydrogens is 186 g/mol. The van der Waals surface area contributed by atoms with Crippen LogP contribution in [0.3, 0.4) is 0 Å². The number of pyridine rings is 1. The van der Waals surface area contributed by atoms with Gasteiger partial charge in [-0.3, -0.25) is 19.9 Å². The molecule has 6 heteroatoms. The van der Waals surface area contributed by atoms with Crippen LogP contribution in [0.15, 0.2) is 24.5 Å². The van der Waals surface area contributed by atoms with E-state index in [0.29, 0.717) is 0 Å². The molecule has 1 aromatic rings. The van der Waals surface area contributed by atoms with E-state index in [1.165, 1.54) is 18.5 Å². The van der Waals surface area contributed by atoms with E-state index >= 15 is 0 Å². The molecule has 2 rings (SSSR count). The first-order chi connectivity index (χ1) is 6.70. The van der Waals surface area contributed by atoms with Crippen molar-refractivity contribution in [3.8, 4) is 0 Å². The highest BCUT2D eigenvalue weighted by Crippen LogP contribution is 2.14.